The molecule has 0 radical (unpaired) electrons. The molecule has 8 heteroatoms. The van der Waals surface area contributed by atoms with E-state index in [4.69, 9.17) is 21.1 Å². The number of aryl methyl sites for hydroxylation is 1. The van der Waals surface area contributed by atoms with Crippen LogP contribution in [0.1, 0.15) is 23.0 Å². The predicted molar refractivity (Wildman–Crippen MR) is 116 cm³/mol. The zero-order chi connectivity index (χ0) is 21.0. The van der Waals surface area contributed by atoms with Gasteiger partial charge in [0.1, 0.15) is 11.9 Å². The maximum absolute atomic E-state index is 12.9. The second kappa shape index (κ2) is 9.33. The third-order valence-electron chi connectivity index (χ3n) is 4.53. The van der Waals surface area contributed by atoms with Gasteiger partial charge in [-0.2, -0.15) is 0 Å². The number of methoxy groups -OCH3 is 2. The summed E-state index contributed by atoms with van der Waals surface area (Å²) in [6.07, 6.45) is 3.71. The molecule has 0 fully saturated rings. The molecule has 1 atom stereocenters. The van der Waals surface area contributed by atoms with E-state index in [-0.39, 0.29) is 12.3 Å². The lowest BCUT2D eigenvalue weighted by atomic mass is 10.0. The lowest BCUT2D eigenvalue weighted by Crippen LogP contribution is -2.32. The van der Waals surface area contributed by atoms with Crippen molar-refractivity contribution in [1.82, 2.24) is 14.9 Å². The van der Waals surface area contributed by atoms with Gasteiger partial charge in [0.05, 0.1) is 20.6 Å². The molecule has 6 nitrogen and oxygen atoms in total. The van der Waals surface area contributed by atoms with E-state index >= 15 is 0 Å². The first kappa shape index (κ1) is 21.2. The van der Waals surface area contributed by atoms with Crippen molar-refractivity contribution in [3.8, 4) is 11.5 Å². The highest BCUT2D eigenvalue weighted by Gasteiger charge is 2.22. The molecule has 29 heavy (non-hydrogen) atoms. The molecule has 0 saturated heterocycles. The van der Waals surface area contributed by atoms with Gasteiger partial charge in [-0.05, 0) is 35.4 Å². The maximum Gasteiger partial charge on any atom is 0.225 e. The minimum atomic E-state index is -0.404. The summed E-state index contributed by atoms with van der Waals surface area (Å²) in [4.78, 5) is 17.3. The Kier molecular flexibility index (Phi) is 6.82. The number of nitrogens with zero attached hydrogens (tertiary/aromatic N) is 2. The van der Waals surface area contributed by atoms with Gasteiger partial charge in [-0.1, -0.05) is 39.7 Å². The summed E-state index contributed by atoms with van der Waals surface area (Å²) in [5.41, 5.74) is 1.68. The van der Waals surface area contributed by atoms with Gasteiger partial charge < -0.3 is 19.4 Å². The molecule has 1 aromatic heterocycles. The number of aromatic nitrogens is 2. The van der Waals surface area contributed by atoms with E-state index in [2.05, 4.69) is 26.2 Å². The molecule has 3 rings (SSSR count). The fourth-order valence-electron chi connectivity index (χ4n) is 3.02. The molecule has 0 aliphatic heterocycles. The Labute approximate surface area is 182 Å². The zero-order valence-electron chi connectivity index (χ0n) is 16.3. The molecule has 2 aromatic carbocycles. The lowest BCUT2D eigenvalue weighted by molar-refractivity contribution is -0.121. The summed E-state index contributed by atoms with van der Waals surface area (Å²) in [5.74, 6) is 1.74. The average Bonchev–Trinajstić information content (AvgIpc) is 3.13. The van der Waals surface area contributed by atoms with E-state index in [0.29, 0.717) is 16.5 Å². The number of carbonyl (C=O) groups excluding carboxylic acids is 1. The average molecular weight is 479 g/mol. The Morgan fingerprint density at radius 1 is 1.21 bits per heavy atom. The normalized spacial score (nSPS) is 11.8. The molecular formula is C21H21BrClN3O3. The van der Waals surface area contributed by atoms with Crippen molar-refractivity contribution in [2.24, 2.45) is 7.05 Å². The number of rotatable bonds is 7. The Balaban J connectivity index is 1.86. The largest absolute Gasteiger partial charge is 0.493 e. The van der Waals surface area contributed by atoms with Crippen LogP contribution in [-0.4, -0.2) is 29.7 Å². The van der Waals surface area contributed by atoms with Crippen LogP contribution in [0.25, 0.3) is 0 Å². The highest BCUT2D eigenvalue weighted by atomic mass is 79.9. The zero-order valence-corrected chi connectivity index (χ0v) is 18.6. The molecule has 0 aliphatic rings. The van der Waals surface area contributed by atoms with Crippen molar-refractivity contribution in [1.29, 1.82) is 0 Å². The Morgan fingerprint density at radius 3 is 2.45 bits per heavy atom. The first-order valence-electron chi connectivity index (χ1n) is 8.85. The third-order valence-corrected chi connectivity index (χ3v) is 5.52. The van der Waals surface area contributed by atoms with Crippen LogP contribution in [0.3, 0.4) is 0 Å². The van der Waals surface area contributed by atoms with Crippen molar-refractivity contribution in [2.45, 2.75) is 12.5 Å². The Morgan fingerprint density at radius 2 is 1.86 bits per heavy atom. The highest BCUT2D eigenvalue weighted by Crippen LogP contribution is 2.33. The fourth-order valence-corrected chi connectivity index (χ4v) is 3.61. The summed E-state index contributed by atoms with van der Waals surface area (Å²) in [6.45, 7) is 0. The number of amides is 1. The topological polar surface area (TPSA) is 65.4 Å². The number of ether oxygens (including phenoxy) is 2. The van der Waals surface area contributed by atoms with E-state index < -0.39 is 6.04 Å². The number of imidazole rings is 1. The summed E-state index contributed by atoms with van der Waals surface area (Å²) in [6, 6.07) is 10.5. The molecule has 0 unspecified atom stereocenters. The number of benzene rings is 2. The standard InChI is InChI=1S/C21H21BrClN3O3/c1-26-9-8-24-21(26)20(13-4-6-15(23)7-5-13)25-19(27)11-14-10-17(28-2)18(29-3)12-16(14)22/h4-10,12,20H,11H2,1-3H3,(H,25,27)/t20-/m0/s1. The van der Waals surface area contributed by atoms with Gasteiger partial charge in [0.15, 0.2) is 11.5 Å². The quantitative estimate of drug-likeness (QED) is 0.550. The maximum atomic E-state index is 12.9. The lowest BCUT2D eigenvalue weighted by Gasteiger charge is -2.20. The van der Waals surface area contributed by atoms with Gasteiger partial charge in [-0.3, -0.25) is 4.79 Å². The van der Waals surface area contributed by atoms with Crippen molar-refractivity contribution >= 4 is 33.4 Å². The van der Waals surface area contributed by atoms with Crippen LogP contribution in [0.5, 0.6) is 11.5 Å². The molecular weight excluding hydrogens is 458 g/mol. The number of hydrogen-bond donors (Lipinski definition) is 1. The van der Waals surface area contributed by atoms with Crippen molar-refractivity contribution in [3.63, 3.8) is 0 Å². The molecule has 0 aliphatic carbocycles. The van der Waals surface area contributed by atoms with Crippen molar-refractivity contribution in [2.75, 3.05) is 14.2 Å². The third kappa shape index (κ3) is 4.92. The minimum Gasteiger partial charge on any atom is -0.493 e. The van der Waals surface area contributed by atoms with E-state index in [0.717, 1.165) is 21.4 Å². The summed E-state index contributed by atoms with van der Waals surface area (Å²) in [5, 5.41) is 3.71. The second-order valence-corrected chi connectivity index (χ2v) is 7.71. The van der Waals surface area contributed by atoms with Crippen LogP contribution in [0.2, 0.25) is 5.02 Å². The molecule has 0 spiro atoms. The van der Waals surface area contributed by atoms with Crippen LogP contribution in [0.4, 0.5) is 0 Å². The molecule has 1 heterocycles. The van der Waals surface area contributed by atoms with Crippen LogP contribution in [0.15, 0.2) is 53.3 Å². The van der Waals surface area contributed by atoms with Crippen molar-refractivity contribution < 1.29 is 14.3 Å². The molecule has 0 saturated carbocycles. The van der Waals surface area contributed by atoms with E-state index in [9.17, 15) is 4.79 Å². The number of halogens is 2. The monoisotopic (exact) mass is 477 g/mol. The Bertz CT molecular complexity index is 1000. The van der Waals surface area contributed by atoms with Crippen LogP contribution in [0, 0.1) is 0 Å². The summed E-state index contributed by atoms with van der Waals surface area (Å²) >= 11 is 9.52. The first-order valence-corrected chi connectivity index (χ1v) is 10.0. The minimum absolute atomic E-state index is 0.152. The Hall–Kier alpha value is -2.51. The molecule has 1 N–H and O–H groups in total. The second-order valence-electron chi connectivity index (χ2n) is 6.42. The van der Waals surface area contributed by atoms with Gasteiger partial charge in [0.25, 0.3) is 0 Å². The van der Waals surface area contributed by atoms with Gasteiger partial charge in [-0.25, -0.2) is 4.98 Å². The molecule has 152 valence electrons. The summed E-state index contributed by atoms with van der Waals surface area (Å²) < 4.78 is 13.3. The van der Waals surface area contributed by atoms with Crippen LogP contribution >= 0.6 is 27.5 Å². The van der Waals surface area contributed by atoms with Gasteiger partial charge >= 0.3 is 0 Å². The first-order chi connectivity index (χ1) is 13.9. The SMILES string of the molecule is COc1cc(Br)c(CC(=O)N[C@@H](c2ccc(Cl)cc2)c2nccn2C)cc1OC. The van der Waals surface area contributed by atoms with Crippen LogP contribution in [-0.2, 0) is 18.3 Å². The number of carbonyl (C=O) groups is 1. The van der Waals surface area contributed by atoms with E-state index in [1.165, 1.54) is 0 Å². The molecule has 1 amide bonds. The fraction of sp³-hybridized carbons (Fsp3) is 0.238. The summed E-state index contributed by atoms with van der Waals surface area (Å²) in [7, 11) is 5.02. The predicted octanol–water partition coefficient (Wildman–Crippen LogP) is 4.30. The van der Waals surface area contributed by atoms with Gasteiger partial charge in [-0.15, -0.1) is 0 Å². The number of hydrogen-bond acceptors (Lipinski definition) is 4. The van der Waals surface area contributed by atoms with Gasteiger partial charge in [0.2, 0.25) is 5.91 Å². The smallest absolute Gasteiger partial charge is 0.225 e. The van der Waals surface area contributed by atoms with E-state index in [1.807, 2.05) is 29.9 Å². The van der Waals surface area contributed by atoms with Crippen LogP contribution < -0.4 is 14.8 Å². The number of nitrogens with one attached hydrogen (secondary N) is 1. The molecule has 3 aromatic rings. The van der Waals surface area contributed by atoms with Crippen molar-refractivity contribution in [3.05, 3.63) is 75.2 Å². The van der Waals surface area contributed by atoms with E-state index in [1.54, 1.807) is 44.7 Å². The molecule has 0 bridgehead atoms. The highest BCUT2D eigenvalue weighted by molar-refractivity contribution is 9.10. The van der Waals surface area contributed by atoms with Gasteiger partial charge in [0, 0.05) is 28.9 Å².